The predicted octanol–water partition coefficient (Wildman–Crippen LogP) is 4.64. The molecule has 0 aromatic heterocycles. The van der Waals surface area contributed by atoms with Crippen molar-refractivity contribution >= 4 is 5.97 Å². The van der Waals surface area contributed by atoms with Gasteiger partial charge in [0.15, 0.2) is 0 Å². The van der Waals surface area contributed by atoms with Gasteiger partial charge in [-0.25, -0.2) is 4.79 Å². The fraction of sp³-hybridized carbons (Fsp3) is 0.812. The Morgan fingerprint density at radius 2 is 1.33 bits per heavy atom. The molecule has 104 valence electrons. The van der Waals surface area contributed by atoms with Crippen LogP contribution in [-0.2, 0) is 9.53 Å². The zero-order chi connectivity index (χ0) is 13.1. The van der Waals surface area contributed by atoms with E-state index in [2.05, 4.69) is 10.8 Å². The minimum atomic E-state index is -0.221. The number of methoxy groups -OCH3 is 1. The van der Waals surface area contributed by atoms with Crippen LogP contribution in [0.25, 0.3) is 0 Å². The average Bonchev–Trinajstić information content (AvgIpc) is 2.37. The Hall–Kier alpha value is -0.790. The van der Waals surface area contributed by atoms with E-state index in [0.717, 1.165) is 0 Å². The van der Waals surface area contributed by atoms with Gasteiger partial charge in [0.25, 0.3) is 0 Å². The number of esters is 1. The number of hydrogen-bond acceptors (Lipinski definition) is 2. The fourth-order valence-electron chi connectivity index (χ4n) is 2.67. The van der Waals surface area contributed by atoms with Crippen LogP contribution in [0.5, 0.6) is 0 Å². The first-order valence-electron chi connectivity index (χ1n) is 7.59. The third-order valence-corrected chi connectivity index (χ3v) is 3.86. The van der Waals surface area contributed by atoms with Crippen molar-refractivity contribution in [3.05, 3.63) is 12.2 Å². The lowest BCUT2D eigenvalue weighted by atomic mass is 9.92. The second-order valence-corrected chi connectivity index (χ2v) is 5.40. The molecular weight excluding hydrogens is 224 g/mol. The molecule has 0 spiro atoms. The summed E-state index contributed by atoms with van der Waals surface area (Å²) in [5.74, 6) is 0.352. The monoisotopic (exact) mass is 252 g/mol. The molecule has 0 saturated heterocycles. The van der Waals surface area contributed by atoms with Crippen molar-refractivity contribution in [1.82, 2.24) is 0 Å². The van der Waals surface area contributed by atoms with Crippen LogP contribution in [0.2, 0.25) is 0 Å². The van der Waals surface area contributed by atoms with E-state index in [1.54, 1.807) is 6.08 Å². The highest BCUT2D eigenvalue weighted by molar-refractivity contribution is 5.81. The molecule has 0 heterocycles. The van der Waals surface area contributed by atoms with Crippen LogP contribution in [0.4, 0.5) is 0 Å². The molecule has 0 bridgehead atoms. The van der Waals surface area contributed by atoms with Crippen LogP contribution in [0.15, 0.2) is 12.2 Å². The summed E-state index contributed by atoms with van der Waals surface area (Å²) in [5.41, 5.74) is 0. The second-order valence-electron chi connectivity index (χ2n) is 5.40. The van der Waals surface area contributed by atoms with E-state index < -0.39 is 0 Å². The summed E-state index contributed by atoms with van der Waals surface area (Å²) in [6.45, 7) is 0. The smallest absolute Gasteiger partial charge is 0.330 e. The molecule has 2 nitrogen and oxygen atoms in total. The van der Waals surface area contributed by atoms with E-state index in [4.69, 9.17) is 0 Å². The first-order chi connectivity index (χ1) is 8.83. The first-order valence-corrected chi connectivity index (χ1v) is 7.59. The summed E-state index contributed by atoms with van der Waals surface area (Å²) < 4.78 is 4.65. The van der Waals surface area contributed by atoms with Gasteiger partial charge in [-0.1, -0.05) is 63.9 Å². The third-order valence-electron chi connectivity index (χ3n) is 3.86. The number of rotatable bonds is 2. The molecule has 0 N–H and O–H groups in total. The van der Waals surface area contributed by atoms with Crippen LogP contribution in [0.1, 0.15) is 70.6 Å². The molecule has 0 aliphatic heterocycles. The van der Waals surface area contributed by atoms with Gasteiger partial charge in [0.1, 0.15) is 0 Å². The zero-order valence-electron chi connectivity index (χ0n) is 11.8. The van der Waals surface area contributed by atoms with Crippen molar-refractivity contribution in [2.24, 2.45) is 5.92 Å². The topological polar surface area (TPSA) is 26.3 Å². The Morgan fingerprint density at radius 3 is 1.78 bits per heavy atom. The van der Waals surface area contributed by atoms with Gasteiger partial charge in [0.05, 0.1) is 7.11 Å². The van der Waals surface area contributed by atoms with Gasteiger partial charge in [-0.05, 0) is 18.8 Å². The minimum Gasteiger partial charge on any atom is -0.466 e. The number of hydrogen-bond donors (Lipinski definition) is 0. The number of allylic oxidation sites excluding steroid dienone is 1. The van der Waals surface area contributed by atoms with E-state index in [0.29, 0.717) is 5.92 Å². The second kappa shape index (κ2) is 10.2. The van der Waals surface area contributed by atoms with Gasteiger partial charge >= 0.3 is 5.97 Å². The molecule has 2 heteroatoms. The molecule has 1 saturated carbocycles. The summed E-state index contributed by atoms with van der Waals surface area (Å²) in [5, 5.41) is 0. The number of carbonyl (C=O) groups excluding carboxylic acids is 1. The molecule has 1 aliphatic carbocycles. The van der Waals surface area contributed by atoms with Crippen molar-refractivity contribution in [3.63, 3.8) is 0 Å². The molecule has 0 unspecified atom stereocenters. The minimum absolute atomic E-state index is 0.221. The van der Waals surface area contributed by atoms with Gasteiger partial charge in [-0.3, -0.25) is 0 Å². The summed E-state index contributed by atoms with van der Waals surface area (Å²) in [7, 11) is 1.44. The SMILES string of the molecule is COC(=O)C=CC1CCCCCCCCCCC1. The van der Waals surface area contributed by atoms with Crippen molar-refractivity contribution in [3.8, 4) is 0 Å². The predicted molar refractivity (Wildman–Crippen MR) is 75.4 cm³/mol. The summed E-state index contributed by atoms with van der Waals surface area (Å²) in [4.78, 5) is 11.1. The van der Waals surface area contributed by atoms with E-state index in [9.17, 15) is 4.79 Å². The normalized spacial score (nSPS) is 21.2. The molecule has 0 atom stereocenters. The molecule has 1 fully saturated rings. The maximum Gasteiger partial charge on any atom is 0.330 e. The Morgan fingerprint density at radius 1 is 0.889 bits per heavy atom. The largest absolute Gasteiger partial charge is 0.466 e. The van der Waals surface area contributed by atoms with Crippen LogP contribution in [0, 0.1) is 5.92 Å². The van der Waals surface area contributed by atoms with Crippen molar-refractivity contribution in [2.75, 3.05) is 7.11 Å². The van der Waals surface area contributed by atoms with Gasteiger partial charge in [0, 0.05) is 6.08 Å². The van der Waals surface area contributed by atoms with E-state index in [1.165, 1.54) is 77.7 Å². The van der Waals surface area contributed by atoms with Gasteiger partial charge in [-0.15, -0.1) is 0 Å². The Labute approximate surface area is 112 Å². The summed E-state index contributed by atoms with van der Waals surface area (Å²) >= 11 is 0. The van der Waals surface area contributed by atoms with Crippen molar-refractivity contribution in [2.45, 2.75) is 70.6 Å². The lowest BCUT2D eigenvalue weighted by Crippen LogP contribution is -2.01. The molecule has 0 aromatic carbocycles. The molecule has 1 aliphatic rings. The summed E-state index contributed by atoms with van der Waals surface area (Å²) in [6.07, 6.45) is 18.4. The third kappa shape index (κ3) is 7.52. The van der Waals surface area contributed by atoms with Gasteiger partial charge < -0.3 is 4.74 Å². The first kappa shape index (κ1) is 15.3. The van der Waals surface area contributed by atoms with Crippen LogP contribution in [-0.4, -0.2) is 13.1 Å². The maximum atomic E-state index is 11.1. The number of carbonyl (C=O) groups is 1. The van der Waals surface area contributed by atoms with Crippen LogP contribution >= 0.6 is 0 Å². The van der Waals surface area contributed by atoms with E-state index in [-0.39, 0.29) is 5.97 Å². The Balaban J connectivity index is 2.36. The van der Waals surface area contributed by atoms with Gasteiger partial charge in [0.2, 0.25) is 0 Å². The molecule has 0 radical (unpaired) electrons. The highest BCUT2D eigenvalue weighted by atomic mass is 16.5. The lowest BCUT2D eigenvalue weighted by molar-refractivity contribution is -0.134. The Kier molecular flexibility index (Phi) is 8.62. The zero-order valence-corrected chi connectivity index (χ0v) is 11.8. The molecule has 0 aromatic rings. The van der Waals surface area contributed by atoms with Crippen molar-refractivity contribution in [1.29, 1.82) is 0 Å². The van der Waals surface area contributed by atoms with E-state index in [1.807, 2.05) is 0 Å². The Bertz CT molecular complexity index is 233. The molecular formula is C16H28O2. The summed E-state index contributed by atoms with van der Waals surface area (Å²) in [6, 6.07) is 0. The highest BCUT2D eigenvalue weighted by Crippen LogP contribution is 2.21. The molecule has 1 rings (SSSR count). The molecule has 18 heavy (non-hydrogen) atoms. The standard InChI is InChI=1S/C16H28O2/c1-18-16(17)14-13-15-11-9-7-5-3-2-4-6-8-10-12-15/h13-15H,2-12H2,1H3. The van der Waals surface area contributed by atoms with E-state index >= 15 is 0 Å². The molecule has 0 amide bonds. The quantitative estimate of drug-likeness (QED) is 0.529. The lowest BCUT2D eigenvalue weighted by Gasteiger charge is -2.14. The van der Waals surface area contributed by atoms with Crippen molar-refractivity contribution < 1.29 is 9.53 Å². The fourth-order valence-corrected chi connectivity index (χ4v) is 2.67. The average molecular weight is 252 g/mol. The highest BCUT2D eigenvalue weighted by Gasteiger charge is 2.07. The van der Waals surface area contributed by atoms with Gasteiger partial charge in [-0.2, -0.15) is 0 Å². The van der Waals surface area contributed by atoms with Crippen LogP contribution in [0.3, 0.4) is 0 Å². The van der Waals surface area contributed by atoms with Crippen LogP contribution < -0.4 is 0 Å². The number of ether oxygens (including phenoxy) is 1. The maximum absolute atomic E-state index is 11.1.